The summed E-state index contributed by atoms with van der Waals surface area (Å²) in [7, 11) is 3.43. The molecule has 0 aromatic heterocycles. The van der Waals surface area contributed by atoms with Crippen molar-refractivity contribution in [2.45, 2.75) is 24.9 Å². The van der Waals surface area contributed by atoms with Gasteiger partial charge in [-0.05, 0) is 52.8 Å². The number of hydrogen-bond donors (Lipinski definition) is 0. The van der Waals surface area contributed by atoms with Gasteiger partial charge in [0.25, 0.3) is 0 Å². The Balaban J connectivity index is 1.77. The van der Waals surface area contributed by atoms with Crippen LogP contribution in [0.15, 0.2) is 66.7 Å². The van der Waals surface area contributed by atoms with E-state index in [0.717, 1.165) is 37.4 Å². The summed E-state index contributed by atoms with van der Waals surface area (Å²) in [6.07, 6.45) is 1.98. The predicted octanol–water partition coefficient (Wildman–Crippen LogP) is 4.56. The zero-order chi connectivity index (χ0) is 19.1. The lowest BCUT2D eigenvalue weighted by molar-refractivity contribution is 0.126. The molecule has 3 heteroatoms. The van der Waals surface area contributed by atoms with E-state index in [4.69, 9.17) is 9.47 Å². The summed E-state index contributed by atoms with van der Waals surface area (Å²) < 4.78 is 11.3. The molecule has 2 aliphatic rings. The molecule has 0 N–H and O–H groups in total. The fourth-order valence-corrected chi connectivity index (χ4v) is 5.12. The highest BCUT2D eigenvalue weighted by Gasteiger charge is 2.49. The van der Waals surface area contributed by atoms with Crippen LogP contribution in [0.2, 0.25) is 0 Å². The molecule has 28 heavy (non-hydrogen) atoms. The SMILES string of the molecule is COc1cc2c(cc1OC)[C@@]1(Cc3ccccc3)c3ccccc3CN1CC2. The van der Waals surface area contributed by atoms with Gasteiger partial charge in [0.1, 0.15) is 0 Å². The minimum absolute atomic E-state index is 0.162. The molecule has 0 saturated heterocycles. The van der Waals surface area contributed by atoms with Gasteiger partial charge in [0.15, 0.2) is 11.5 Å². The molecule has 3 aromatic carbocycles. The largest absolute Gasteiger partial charge is 0.493 e. The third kappa shape index (κ3) is 2.46. The second-order valence-corrected chi connectivity index (χ2v) is 7.72. The van der Waals surface area contributed by atoms with E-state index in [2.05, 4.69) is 71.6 Å². The Kier molecular flexibility index (Phi) is 4.13. The number of hydrogen-bond acceptors (Lipinski definition) is 3. The zero-order valence-corrected chi connectivity index (χ0v) is 16.4. The lowest BCUT2D eigenvalue weighted by Gasteiger charge is -2.45. The maximum Gasteiger partial charge on any atom is 0.161 e. The second kappa shape index (κ2) is 6.68. The van der Waals surface area contributed by atoms with Gasteiger partial charge in [0.2, 0.25) is 0 Å². The Bertz CT molecular complexity index is 1010. The van der Waals surface area contributed by atoms with Gasteiger partial charge in [-0.3, -0.25) is 4.90 Å². The van der Waals surface area contributed by atoms with E-state index < -0.39 is 0 Å². The molecular weight excluding hydrogens is 346 g/mol. The lowest BCUT2D eigenvalue weighted by atomic mass is 9.73. The van der Waals surface area contributed by atoms with E-state index in [0.29, 0.717) is 0 Å². The highest BCUT2D eigenvalue weighted by Crippen LogP contribution is 2.51. The van der Waals surface area contributed by atoms with Crippen LogP contribution in [0.1, 0.15) is 27.8 Å². The van der Waals surface area contributed by atoms with E-state index >= 15 is 0 Å². The standard InChI is InChI=1S/C25H25NO2/c1-27-23-14-19-12-13-26-17-20-10-6-7-11-21(20)25(26,22(19)15-24(23)28-2)16-18-8-4-3-5-9-18/h3-11,14-15H,12-13,16-17H2,1-2H3/t25-/m1/s1. The molecule has 3 aromatic rings. The Morgan fingerprint density at radius 3 is 2.32 bits per heavy atom. The van der Waals surface area contributed by atoms with Crippen LogP contribution in [0, 0.1) is 0 Å². The third-order valence-corrected chi connectivity index (χ3v) is 6.37. The first-order valence-corrected chi connectivity index (χ1v) is 9.89. The molecule has 5 rings (SSSR count). The van der Waals surface area contributed by atoms with Crippen molar-refractivity contribution in [3.05, 3.63) is 94.5 Å². The summed E-state index contributed by atoms with van der Waals surface area (Å²) in [5.41, 5.74) is 6.76. The van der Waals surface area contributed by atoms with Crippen molar-refractivity contribution in [2.75, 3.05) is 20.8 Å². The first-order chi connectivity index (χ1) is 13.8. The third-order valence-electron chi connectivity index (χ3n) is 6.37. The lowest BCUT2D eigenvalue weighted by Crippen LogP contribution is -2.48. The van der Waals surface area contributed by atoms with E-state index in [-0.39, 0.29) is 5.54 Å². The van der Waals surface area contributed by atoms with Crippen LogP contribution in [-0.2, 0) is 24.9 Å². The number of rotatable bonds is 4. The van der Waals surface area contributed by atoms with E-state index in [9.17, 15) is 0 Å². The summed E-state index contributed by atoms with van der Waals surface area (Å²) in [5.74, 6) is 1.62. The van der Waals surface area contributed by atoms with Gasteiger partial charge in [0.05, 0.1) is 19.8 Å². The zero-order valence-electron chi connectivity index (χ0n) is 16.4. The maximum atomic E-state index is 5.69. The molecular formula is C25H25NO2. The first kappa shape index (κ1) is 17.3. The average molecular weight is 371 g/mol. The quantitative estimate of drug-likeness (QED) is 0.671. The van der Waals surface area contributed by atoms with Gasteiger partial charge in [0, 0.05) is 13.1 Å². The van der Waals surface area contributed by atoms with Gasteiger partial charge >= 0.3 is 0 Å². The van der Waals surface area contributed by atoms with E-state index in [1.807, 2.05) is 0 Å². The van der Waals surface area contributed by atoms with Gasteiger partial charge in [-0.1, -0.05) is 54.6 Å². The second-order valence-electron chi connectivity index (χ2n) is 7.72. The number of ether oxygens (including phenoxy) is 2. The molecule has 0 bridgehead atoms. The topological polar surface area (TPSA) is 21.7 Å². The molecule has 0 saturated carbocycles. The molecule has 0 fully saturated rings. The monoisotopic (exact) mass is 371 g/mol. The van der Waals surface area contributed by atoms with E-state index in [1.165, 1.54) is 27.8 Å². The van der Waals surface area contributed by atoms with Crippen molar-refractivity contribution in [3.8, 4) is 11.5 Å². The number of methoxy groups -OCH3 is 2. The Morgan fingerprint density at radius 2 is 1.54 bits per heavy atom. The fraction of sp³-hybridized carbons (Fsp3) is 0.280. The molecule has 1 atom stereocenters. The van der Waals surface area contributed by atoms with Crippen LogP contribution in [0.5, 0.6) is 11.5 Å². The molecule has 2 heterocycles. The molecule has 0 radical (unpaired) electrons. The van der Waals surface area contributed by atoms with Crippen LogP contribution in [-0.4, -0.2) is 25.7 Å². The minimum Gasteiger partial charge on any atom is -0.493 e. The molecule has 0 aliphatic carbocycles. The van der Waals surface area contributed by atoms with Gasteiger partial charge < -0.3 is 9.47 Å². The number of fused-ring (bicyclic) bond motifs is 5. The molecule has 3 nitrogen and oxygen atoms in total. The molecule has 2 aliphatic heterocycles. The predicted molar refractivity (Wildman–Crippen MR) is 111 cm³/mol. The van der Waals surface area contributed by atoms with Crippen LogP contribution in [0.3, 0.4) is 0 Å². The summed E-state index contributed by atoms with van der Waals surface area (Å²) in [6, 6.07) is 24.1. The summed E-state index contributed by atoms with van der Waals surface area (Å²) >= 11 is 0. The van der Waals surface area contributed by atoms with Crippen molar-refractivity contribution >= 4 is 0 Å². The van der Waals surface area contributed by atoms with Crippen LogP contribution < -0.4 is 9.47 Å². The average Bonchev–Trinajstić information content (AvgIpc) is 3.08. The highest BCUT2D eigenvalue weighted by molar-refractivity contribution is 5.58. The van der Waals surface area contributed by atoms with Crippen LogP contribution >= 0.6 is 0 Å². The van der Waals surface area contributed by atoms with Crippen molar-refractivity contribution in [3.63, 3.8) is 0 Å². The van der Waals surface area contributed by atoms with Crippen LogP contribution in [0.4, 0.5) is 0 Å². The minimum atomic E-state index is -0.162. The first-order valence-electron chi connectivity index (χ1n) is 9.89. The van der Waals surface area contributed by atoms with Crippen molar-refractivity contribution in [1.29, 1.82) is 0 Å². The number of nitrogens with zero attached hydrogens (tertiary/aromatic N) is 1. The van der Waals surface area contributed by atoms with Crippen molar-refractivity contribution in [2.24, 2.45) is 0 Å². The van der Waals surface area contributed by atoms with E-state index in [1.54, 1.807) is 14.2 Å². The maximum absolute atomic E-state index is 5.69. The Hall–Kier alpha value is -2.78. The number of benzene rings is 3. The van der Waals surface area contributed by atoms with Crippen molar-refractivity contribution < 1.29 is 9.47 Å². The molecule has 142 valence electrons. The van der Waals surface area contributed by atoms with Gasteiger partial charge in [-0.15, -0.1) is 0 Å². The fourth-order valence-electron chi connectivity index (χ4n) is 5.12. The normalized spacial score (nSPS) is 20.2. The van der Waals surface area contributed by atoms with Crippen molar-refractivity contribution in [1.82, 2.24) is 4.90 Å². The van der Waals surface area contributed by atoms with Gasteiger partial charge in [-0.25, -0.2) is 0 Å². The van der Waals surface area contributed by atoms with Crippen LogP contribution in [0.25, 0.3) is 0 Å². The Labute approximate surface area is 166 Å². The molecule has 0 amide bonds. The summed E-state index contributed by atoms with van der Waals surface area (Å²) in [6.45, 7) is 2.04. The van der Waals surface area contributed by atoms with Gasteiger partial charge in [-0.2, -0.15) is 0 Å². The summed E-state index contributed by atoms with van der Waals surface area (Å²) in [5, 5.41) is 0. The molecule has 0 unspecified atom stereocenters. The molecule has 0 spiro atoms. The Morgan fingerprint density at radius 1 is 0.821 bits per heavy atom. The highest BCUT2D eigenvalue weighted by atomic mass is 16.5. The summed E-state index contributed by atoms with van der Waals surface area (Å²) in [4.78, 5) is 2.65. The smallest absolute Gasteiger partial charge is 0.161 e.